The predicted octanol–water partition coefficient (Wildman–Crippen LogP) is 4.83. The minimum atomic E-state index is 0.188. The van der Waals surface area contributed by atoms with Crippen LogP contribution in [0.5, 0.6) is 17.2 Å². The smallest absolute Gasteiger partial charge is 0.141 e. The molecule has 1 aromatic heterocycles. The molecule has 2 heterocycles. The molecular weight excluding hydrogens is 326 g/mol. The lowest BCUT2D eigenvalue weighted by atomic mass is 10.1. The number of rotatable bonds is 4. The Bertz CT molecular complexity index is 994. The van der Waals surface area contributed by atoms with Gasteiger partial charge in [-0.15, -0.1) is 0 Å². The second-order valence-corrected chi connectivity index (χ2v) is 6.48. The van der Waals surface area contributed by atoms with E-state index < -0.39 is 0 Å². The molecule has 0 aliphatic carbocycles. The summed E-state index contributed by atoms with van der Waals surface area (Å²) in [5.41, 5.74) is 3.52. The van der Waals surface area contributed by atoms with Crippen LogP contribution < -0.4 is 9.47 Å². The van der Waals surface area contributed by atoms with Crippen LogP contribution in [0.2, 0.25) is 0 Å². The molecule has 0 radical (unpaired) electrons. The van der Waals surface area contributed by atoms with Gasteiger partial charge in [0.1, 0.15) is 28.9 Å². The molecule has 0 saturated carbocycles. The van der Waals surface area contributed by atoms with Gasteiger partial charge < -0.3 is 14.6 Å². The van der Waals surface area contributed by atoms with Crippen molar-refractivity contribution in [2.24, 2.45) is 0 Å². The second kappa shape index (κ2) is 6.71. The average molecular weight is 347 g/mol. The van der Waals surface area contributed by atoms with Crippen LogP contribution in [0.15, 0.2) is 42.5 Å². The van der Waals surface area contributed by atoms with Crippen molar-refractivity contribution in [2.45, 2.75) is 26.4 Å². The lowest BCUT2D eigenvalue weighted by Gasteiger charge is -2.10. The first-order chi connectivity index (χ1) is 12.6. The Labute approximate surface area is 152 Å². The van der Waals surface area contributed by atoms with Crippen LogP contribution in [0.1, 0.15) is 30.7 Å². The van der Waals surface area contributed by atoms with Gasteiger partial charge in [0.25, 0.3) is 0 Å². The Morgan fingerprint density at radius 3 is 2.96 bits per heavy atom. The first-order valence-corrected chi connectivity index (χ1v) is 8.87. The predicted molar refractivity (Wildman–Crippen MR) is 104 cm³/mol. The van der Waals surface area contributed by atoms with Crippen LogP contribution in [-0.4, -0.2) is 22.8 Å². The van der Waals surface area contributed by atoms with Gasteiger partial charge in [-0.05, 0) is 50.3 Å². The molecule has 1 unspecified atom stereocenters. The highest BCUT2D eigenvalue weighted by Gasteiger charge is 2.21. The number of fused-ring (bicyclic) bond motifs is 2. The van der Waals surface area contributed by atoms with E-state index in [4.69, 9.17) is 9.47 Å². The van der Waals surface area contributed by atoms with Gasteiger partial charge in [0.05, 0.1) is 12.3 Å². The van der Waals surface area contributed by atoms with Crippen molar-refractivity contribution < 1.29 is 14.6 Å². The van der Waals surface area contributed by atoms with Gasteiger partial charge in [-0.25, -0.2) is 4.98 Å². The molecule has 1 N–H and O–H groups in total. The summed E-state index contributed by atoms with van der Waals surface area (Å²) in [5, 5.41) is 10.9. The number of phenols is 1. The van der Waals surface area contributed by atoms with Gasteiger partial charge in [-0.2, -0.15) is 0 Å². The molecule has 0 bridgehead atoms. The van der Waals surface area contributed by atoms with Crippen molar-refractivity contribution in [3.8, 4) is 17.2 Å². The number of hydrogen-bond acceptors (Lipinski definition) is 4. The number of aromatic hydroxyl groups is 1. The van der Waals surface area contributed by atoms with Gasteiger partial charge in [0.2, 0.25) is 0 Å². The summed E-state index contributed by atoms with van der Waals surface area (Å²) < 4.78 is 11.7. The molecule has 26 heavy (non-hydrogen) atoms. The van der Waals surface area contributed by atoms with E-state index in [1.807, 2.05) is 49.4 Å². The quantitative estimate of drug-likeness (QED) is 0.734. The summed E-state index contributed by atoms with van der Waals surface area (Å²) in [7, 11) is 0. The molecular formula is C22H21NO3. The highest BCUT2D eigenvalue weighted by molar-refractivity contribution is 5.86. The van der Waals surface area contributed by atoms with Gasteiger partial charge in [-0.1, -0.05) is 18.2 Å². The lowest BCUT2D eigenvalue weighted by molar-refractivity contribution is 0.254. The maximum Gasteiger partial charge on any atom is 0.141 e. The van der Waals surface area contributed by atoms with E-state index in [1.54, 1.807) is 6.07 Å². The summed E-state index contributed by atoms with van der Waals surface area (Å²) >= 11 is 0. The van der Waals surface area contributed by atoms with E-state index in [9.17, 15) is 5.11 Å². The van der Waals surface area contributed by atoms with Crippen molar-refractivity contribution in [2.75, 3.05) is 6.61 Å². The van der Waals surface area contributed by atoms with Crippen molar-refractivity contribution in [3.05, 3.63) is 59.3 Å². The van der Waals surface area contributed by atoms with Crippen LogP contribution in [0.3, 0.4) is 0 Å². The summed E-state index contributed by atoms with van der Waals surface area (Å²) in [6.45, 7) is 4.66. The minimum Gasteiger partial charge on any atom is -0.506 e. The summed E-state index contributed by atoms with van der Waals surface area (Å²) in [6.07, 6.45) is 5.01. The number of para-hydroxylation sites is 1. The van der Waals surface area contributed by atoms with Crippen LogP contribution in [0.4, 0.5) is 0 Å². The normalized spacial score (nSPS) is 16.0. The molecule has 1 aliphatic heterocycles. The highest BCUT2D eigenvalue weighted by atomic mass is 16.5. The van der Waals surface area contributed by atoms with Crippen molar-refractivity contribution in [3.63, 3.8) is 0 Å². The van der Waals surface area contributed by atoms with Crippen molar-refractivity contribution >= 4 is 23.1 Å². The van der Waals surface area contributed by atoms with Crippen molar-refractivity contribution in [1.82, 2.24) is 4.98 Å². The summed E-state index contributed by atoms with van der Waals surface area (Å²) in [5.74, 6) is 1.96. The molecule has 1 atom stereocenters. The second-order valence-electron chi connectivity index (χ2n) is 6.48. The molecule has 0 fully saturated rings. The lowest BCUT2D eigenvalue weighted by Crippen LogP contribution is -2.05. The Morgan fingerprint density at radius 2 is 2.12 bits per heavy atom. The third kappa shape index (κ3) is 3.10. The van der Waals surface area contributed by atoms with Crippen LogP contribution in [-0.2, 0) is 6.42 Å². The SMILES string of the molecule is CCOc1cc2c(cc1C=Cc1ccc3cccc(O)c3n1)OC(C)C2. The monoisotopic (exact) mass is 347 g/mol. The van der Waals surface area contributed by atoms with Gasteiger partial charge in [-0.3, -0.25) is 0 Å². The maximum absolute atomic E-state index is 10.0. The minimum absolute atomic E-state index is 0.188. The number of aromatic nitrogens is 1. The Morgan fingerprint density at radius 1 is 1.23 bits per heavy atom. The molecule has 0 amide bonds. The van der Waals surface area contributed by atoms with Crippen molar-refractivity contribution in [1.29, 1.82) is 0 Å². The first kappa shape index (κ1) is 16.5. The molecule has 0 saturated heterocycles. The van der Waals surface area contributed by atoms with E-state index in [0.717, 1.165) is 34.6 Å². The molecule has 1 aliphatic rings. The third-order valence-electron chi connectivity index (χ3n) is 4.48. The molecule has 3 aromatic rings. The zero-order valence-electron chi connectivity index (χ0n) is 14.9. The highest BCUT2D eigenvalue weighted by Crippen LogP contribution is 2.36. The number of phenolic OH excluding ortho intramolecular Hbond substituents is 1. The fourth-order valence-corrected chi connectivity index (χ4v) is 3.28. The maximum atomic E-state index is 10.0. The number of nitrogens with zero attached hydrogens (tertiary/aromatic N) is 1. The summed E-state index contributed by atoms with van der Waals surface area (Å²) in [4.78, 5) is 4.54. The van der Waals surface area contributed by atoms with Crippen LogP contribution in [0, 0.1) is 0 Å². The van der Waals surface area contributed by atoms with Gasteiger partial charge in [0, 0.05) is 22.9 Å². The van der Waals surface area contributed by atoms with E-state index in [2.05, 4.69) is 18.0 Å². The fraction of sp³-hybridized carbons (Fsp3) is 0.227. The standard InChI is InChI=1S/C22H21NO3/c1-3-25-20-13-17-11-14(2)26-21(17)12-16(20)8-10-18-9-7-15-5-4-6-19(24)22(15)23-18/h4-10,12-14,24H,3,11H2,1-2H3. The number of pyridine rings is 1. The molecule has 0 spiro atoms. The number of hydrogen-bond donors (Lipinski definition) is 1. The Hall–Kier alpha value is -3.01. The van der Waals surface area contributed by atoms with Gasteiger partial charge in [0.15, 0.2) is 0 Å². The zero-order valence-corrected chi connectivity index (χ0v) is 14.9. The van der Waals surface area contributed by atoms with E-state index in [-0.39, 0.29) is 11.9 Å². The Kier molecular flexibility index (Phi) is 4.25. The van der Waals surface area contributed by atoms with E-state index in [0.29, 0.717) is 12.1 Å². The topological polar surface area (TPSA) is 51.6 Å². The molecule has 2 aromatic carbocycles. The van der Waals surface area contributed by atoms with E-state index in [1.165, 1.54) is 5.56 Å². The zero-order chi connectivity index (χ0) is 18.1. The summed E-state index contributed by atoms with van der Waals surface area (Å²) in [6, 6.07) is 13.4. The Balaban J connectivity index is 1.70. The molecule has 4 rings (SSSR count). The number of benzene rings is 2. The fourth-order valence-electron chi connectivity index (χ4n) is 3.28. The van der Waals surface area contributed by atoms with Gasteiger partial charge >= 0.3 is 0 Å². The van der Waals surface area contributed by atoms with E-state index >= 15 is 0 Å². The van der Waals surface area contributed by atoms with Crippen LogP contribution in [0.25, 0.3) is 23.1 Å². The third-order valence-corrected chi connectivity index (χ3v) is 4.48. The molecule has 4 heteroatoms. The average Bonchev–Trinajstić information content (AvgIpc) is 2.99. The molecule has 4 nitrogen and oxygen atoms in total. The largest absolute Gasteiger partial charge is 0.506 e. The number of ether oxygens (including phenoxy) is 2. The molecule has 132 valence electrons. The first-order valence-electron chi connectivity index (χ1n) is 8.87. The van der Waals surface area contributed by atoms with Crippen LogP contribution >= 0.6 is 0 Å².